The van der Waals surface area contributed by atoms with Crippen molar-refractivity contribution in [2.45, 2.75) is 43.7 Å². The lowest BCUT2D eigenvalue weighted by Crippen LogP contribution is -2.47. The lowest BCUT2D eigenvalue weighted by atomic mass is 10.2. The molecule has 9 nitrogen and oxygen atoms in total. The van der Waals surface area contributed by atoms with E-state index >= 15 is 0 Å². The van der Waals surface area contributed by atoms with Gasteiger partial charge in [0.15, 0.2) is 5.76 Å². The molecule has 4 rings (SSSR count). The lowest BCUT2D eigenvalue weighted by Gasteiger charge is -2.29. The number of benzene rings is 1. The first-order valence-electron chi connectivity index (χ1n) is 10.3. The summed E-state index contributed by atoms with van der Waals surface area (Å²) in [6.45, 7) is 2.75. The average Bonchev–Trinajstić information content (AvgIpc) is 3.54. The van der Waals surface area contributed by atoms with Crippen LogP contribution >= 0.6 is 11.6 Å². The van der Waals surface area contributed by atoms with Gasteiger partial charge in [0.1, 0.15) is 6.04 Å². The minimum absolute atomic E-state index is 0.0890. The zero-order valence-electron chi connectivity index (χ0n) is 17.5. The summed E-state index contributed by atoms with van der Waals surface area (Å²) in [7, 11) is -3.83. The molecule has 1 amide bonds. The molecule has 0 unspecified atom stereocenters. The quantitative estimate of drug-likeness (QED) is 0.486. The van der Waals surface area contributed by atoms with E-state index in [0.29, 0.717) is 36.6 Å². The average molecular weight is 479 g/mol. The predicted octanol–water partition coefficient (Wildman–Crippen LogP) is 3.57. The van der Waals surface area contributed by atoms with Gasteiger partial charge in [-0.2, -0.15) is 4.31 Å². The molecule has 1 saturated heterocycles. The van der Waals surface area contributed by atoms with Crippen LogP contribution in [0.2, 0.25) is 5.02 Å². The maximum Gasteiger partial charge on any atom is 0.283 e. The fraction of sp³-hybridized carbons (Fsp3) is 0.381. The first kappa shape index (κ1) is 22.5. The number of amides is 1. The molecular formula is C21H23ClN4O5S. The number of carbonyl (C=O) groups excluding carboxylic acids is 1. The van der Waals surface area contributed by atoms with Crippen LogP contribution in [0.1, 0.15) is 32.1 Å². The molecule has 11 heteroatoms. The summed E-state index contributed by atoms with van der Waals surface area (Å²) in [5, 5.41) is 8.42. The normalized spacial score (nSPS) is 17.0. The van der Waals surface area contributed by atoms with Gasteiger partial charge in [-0.15, -0.1) is 10.2 Å². The highest BCUT2D eigenvalue weighted by atomic mass is 35.5. The molecule has 3 heterocycles. The summed E-state index contributed by atoms with van der Waals surface area (Å²) in [4.78, 5) is 15.1. The number of carbonyl (C=O) groups is 1. The standard InChI is InChI=1S/C21H23ClN4O5S/c1-2-11-25(14-19-23-24-20(31-19)18-6-4-13-30-18)21(27)17-5-3-12-26(17)32(28,29)16-9-7-15(22)8-10-16/h4,6-10,13,17H,2-3,5,11-12,14H2,1H3/t17-/m1/s1. The molecule has 3 aromatic rings. The van der Waals surface area contributed by atoms with Crippen molar-refractivity contribution in [3.63, 3.8) is 0 Å². The van der Waals surface area contributed by atoms with Gasteiger partial charge < -0.3 is 13.7 Å². The largest absolute Gasteiger partial charge is 0.459 e. The molecule has 0 spiro atoms. The Hall–Kier alpha value is -2.69. The lowest BCUT2D eigenvalue weighted by molar-refractivity contribution is -0.135. The van der Waals surface area contributed by atoms with E-state index in [1.165, 1.54) is 34.8 Å². The van der Waals surface area contributed by atoms with Crippen LogP contribution in [0.15, 0.2) is 56.4 Å². The number of aromatic nitrogens is 2. The van der Waals surface area contributed by atoms with E-state index in [2.05, 4.69) is 10.2 Å². The summed E-state index contributed by atoms with van der Waals surface area (Å²) in [6, 6.07) is 8.58. The van der Waals surface area contributed by atoms with Gasteiger partial charge >= 0.3 is 0 Å². The Morgan fingerprint density at radius 2 is 2.03 bits per heavy atom. The summed E-state index contributed by atoms with van der Waals surface area (Å²) >= 11 is 5.89. The van der Waals surface area contributed by atoms with Gasteiger partial charge in [0.25, 0.3) is 5.89 Å². The van der Waals surface area contributed by atoms with E-state index in [0.717, 1.165) is 0 Å². The number of nitrogens with zero attached hydrogens (tertiary/aromatic N) is 4. The molecule has 0 radical (unpaired) electrons. The second-order valence-electron chi connectivity index (χ2n) is 7.47. The van der Waals surface area contributed by atoms with E-state index < -0.39 is 16.1 Å². The molecule has 1 fully saturated rings. The van der Waals surface area contributed by atoms with Crippen LogP contribution in [0.25, 0.3) is 11.7 Å². The van der Waals surface area contributed by atoms with Crippen LogP contribution in [-0.4, -0.2) is 52.9 Å². The summed E-state index contributed by atoms with van der Waals surface area (Å²) in [5.41, 5.74) is 0. The third kappa shape index (κ3) is 4.57. The van der Waals surface area contributed by atoms with Gasteiger partial charge in [-0.1, -0.05) is 18.5 Å². The zero-order chi connectivity index (χ0) is 22.7. The Labute approximate surface area is 191 Å². The van der Waals surface area contributed by atoms with Crippen molar-refractivity contribution in [3.8, 4) is 11.7 Å². The Kier molecular flexibility index (Phi) is 6.63. The molecule has 0 aliphatic carbocycles. The van der Waals surface area contributed by atoms with Crippen molar-refractivity contribution in [1.29, 1.82) is 0 Å². The molecule has 1 atom stereocenters. The minimum Gasteiger partial charge on any atom is -0.459 e. The van der Waals surface area contributed by atoms with Gasteiger partial charge in [0, 0.05) is 18.1 Å². The third-order valence-electron chi connectivity index (χ3n) is 5.24. The zero-order valence-corrected chi connectivity index (χ0v) is 19.1. The van der Waals surface area contributed by atoms with Crippen molar-refractivity contribution < 1.29 is 22.0 Å². The fourth-order valence-corrected chi connectivity index (χ4v) is 5.52. The highest BCUT2D eigenvalue weighted by Crippen LogP contribution is 2.28. The van der Waals surface area contributed by atoms with Crippen LogP contribution < -0.4 is 0 Å². The van der Waals surface area contributed by atoms with Gasteiger partial charge in [-0.3, -0.25) is 4.79 Å². The monoisotopic (exact) mass is 478 g/mol. The fourth-order valence-electron chi connectivity index (χ4n) is 3.75. The second kappa shape index (κ2) is 9.43. The van der Waals surface area contributed by atoms with Crippen molar-refractivity contribution >= 4 is 27.5 Å². The number of furan rings is 1. The Morgan fingerprint density at radius 3 is 2.72 bits per heavy atom. The predicted molar refractivity (Wildman–Crippen MR) is 116 cm³/mol. The van der Waals surface area contributed by atoms with Crippen molar-refractivity contribution in [1.82, 2.24) is 19.4 Å². The SMILES string of the molecule is CCCN(Cc1nnc(-c2ccco2)o1)C(=O)[C@H]1CCCN1S(=O)(=O)c1ccc(Cl)cc1. The molecule has 1 aromatic carbocycles. The summed E-state index contributed by atoms with van der Waals surface area (Å²) in [5.74, 6) is 0.637. The second-order valence-corrected chi connectivity index (χ2v) is 9.79. The van der Waals surface area contributed by atoms with Gasteiger partial charge in [0.05, 0.1) is 17.7 Å². The first-order valence-corrected chi connectivity index (χ1v) is 12.1. The van der Waals surface area contributed by atoms with E-state index in [9.17, 15) is 13.2 Å². The van der Waals surface area contributed by atoms with E-state index in [1.807, 2.05) is 6.92 Å². The van der Waals surface area contributed by atoms with Gasteiger partial charge in [-0.05, 0) is 55.7 Å². The summed E-state index contributed by atoms with van der Waals surface area (Å²) in [6.07, 6.45) is 3.25. The Bertz CT molecular complexity index is 1160. The van der Waals surface area contributed by atoms with Gasteiger partial charge in [-0.25, -0.2) is 8.42 Å². The molecule has 170 valence electrons. The first-order chi connectivity index (χ1) is 15.4. The molecule has 1 aliphatic rings. The van der Waals surface area contributed by atoms with Crippen LogP contribution in [0.4, 0.5) is 0 Å². The maximum atomic E-state index is 13.4. The number of rotatable bonds is 8. The highest BCUT2D eigenvalue weighted by molar-refractivity contribution is 7.89. The van der Waals surface area contributed by atoms with Crippen LogP contribution in [0, 0.1) is 0 Å². The highest BCUT2D eigenvalue weighted by Gasteiger charge is 2.41. The minimum atomic E-state index is -3.83. The van der Waals surface area contributed by atoms with Crippen molar-refractivity contribution in [2.24, 2.45) is 0 Å². The molecule has 2 aromatic heterocycles. The molecule has 32 heavy (non-hydrogen) atoms. The van der Waals surface area contributed by atoms with Crippen molar-refractivity contribution in [2.75, 3.05) is 13.1 Å². The van der Waals surface area contributed by atoms with Crippen LogP contribution in [-0.2, 0) is 21.4 Å². The molecule has 0 N–H and O–H groups in total. The van der Waals surface area contributed by atoms with E-state index in [1.54, 1.807) is 17.0 Å². The molecule has 0 saturated carbocycles. The summed E-state index contributed by atoms with van der Waals surface area (Å²) < 4.78 is 38.6. The van der Waals surface area contributed by atoms with Crippen LogP contribution in [0.3, 0.4) is 0 Å². The van der Waals surface area contributed by atoms with Crippen molar-refractivity contribution in [3.05, 3.63) is 53.6 Å². The topological polar surface area (TPSA) is 110 Å². The molecule has 0 bridgehead atoms. The van der Waals surface area contributed by atoms with E-state index in [-0.39, 0.29) is 35.7 Å². The van der Waals surface area contributed by atoms with Crippen LogP contribution in [0.5, 0.6) is 0 Å². The Morgan fingerprint density at radius 1 is 1.25 bits per heavy atom. The number of hydrogen-bond donors (Lipinski definition) is 0. The Balaban J connectivity index is 1.54. The number of hydrogen-bond acceptors (Lipinski definition) is 7. The smallest absolute Gasteiger partial charge is 0.283 e. The third-order valence-corrected chi connectivity index (χ3v) is 7.41. The van der Waals surface area contributed by atoms with Gasteiger partial charge in [0.2, 0.25) is 21.8 Å². The maximum absolute atomic E-state index is 13.4. The number of halogens is 1. The van der Waals surface area contributed by atoms with E-state index in [4.69, 9.17) is 20.4 Å². The molecule has 1 aliphatic heterocycles. The molecular weight excluding hydrogens is 456 g/mol. The number of sulfonamides is 1.